The molecule has 1 aliphatic heterocycles. The minimum atomic E-state index is 0.226. The number of hydrogen-bond acceptors (Lipinski definition) is 3. The first-order valence-electron chi connectivity index (χ1n) is 6.13. The molecule has 1 heterocycles. The van der Waals surface area contributed by atoms with Crippen LogP contribution >= 0.6 is 11.8 Å². The van der Waals surface area contributed by atoms with Gasteiger partial charge in [0.15, 0.2) is 0 Å². The number of amides is 1. The summed E-state index contributed by atoms with van der Waals surface area (Å²) >= 11 is 1.82. The Bertz CT molecular complexity index is 255. The van der Waals surface area contributed by atoms with Gasteiger partial charge in [0.05, 0.1) is 11.9 Å². The Morgan fingerprint density at radius 1 is 1.44 bits per heavy atom. The second-order valence-corrected chi connectivity index (χ2v) is 6.18. The van der Waals surface area contributed by atoms with Crippen LogP contribution in [0, 0.1) is 5.92 Å². The maximum atomic E-state index is 11.9. The van der Waals surface area contributed by atoms with Crippen molar-refractivity contribution in [1.82, 2.24) is 4.90 Å². The van der Waals surface area contributed by atoms with Gasteiger partial charge in [-0.3, -0.25) is 4.79 Å². The predicted molar refractivity (Wildman–Crippen MR) is 66.6 cm³/mol. The van der Waals surface area contributed by atoms with E-state index in [1.165, 1.54) is 12.8 Å². The van der Waals surface area contributed by atoms with E-state index in [1.807, 2.05) is 16.7 Å². The molecular formula is C12H21NO2S. The number of carbonyl (C=O) groups excluding carboxylic acids is 1. The van der Waals surface area contributed by atoms with Crippen LogP contribution in [0.5, 0.6) is 0 Å². The van der Waals surface area contributed by atoms with E-state index in [4.69, 9.17) is 4.74 Å². The van der Waals surface area contributed by atoms with Gasteiger partial charge in [0.1, 0.15) is 0 Å². The third-order valence-electron chi connectivity index (χ3n) is 3.51. The minimum absolute atomic E-state index is 0.226. The van der Waals surface area contributed by atoms with Crippen LogP contribution in [-0.2, 0) is 9.53 Å². The Kier molecular flexibility index (Phi) is 4.14. The SMILES string of the molecule is COC1CN(C(=O)CSC2CC2)CCC1C. The molecule has 4 heteroatoms. The van der Waals surface area contributed by atoms with Crippen molar-refractivity contribution in [1.29, 1.82) is 0 Å². The number of carbonyl (C=O) groups is 1. The molecule has 2 atom stereocenters. The summed E-state index contributed by atoms with van der Waals surface area (Å²) in [5.41, 5.74) is 0. The maximum Gasteiger partial charge on any atom is 0.232 e. The molecule has 92 valence electrons. The van der Waals surface area contributed by atoms with Gasteiger partial charge in [-0.1, -0.05) is 6.92 Å². The highest BCUT2D eigenvalue weighted by molar-refractivity contribution is 8.00. The molecule has 2 aliphatic rings. The van der Waals surface area contributed by atoms with Gasteiger partial charge in [0.25, 0.3) is 0 Å². The molecule has 1 saturated carbocycles. The van der Waals surface area contributed by atoms with Gasteiger partial charge in [0.2, 0.25) is 5.91 Å². The highest BCUT2D eigenvalue weighted by Crippen LogP contribution is 2.34. The van der Waals surface area contributed by atoms with Crippen LogP contribution in [0.3, 0.4) is 0 Å². The van der Waals surface area contributed by atoms with E-state index in [2.05, 4.69) is 6.92 Å². The first kappa shape index (κ1) is 12.2. The van der Waals surface area contributed by atoms with Crippen LogP contribution in [0.25, 0.3) is 0 Å². The van der Waals surface area contributed by atoms with E-state index in [1.54, 1.807) is 7.11 Å². The van der Waals surface area contributed by atoms with E-state index in [9.17, 15) is 4.79 Å². The topological polar surface area (TPSA) is 29.5 Å². The summed E-state index contributed by atoms with van der Waals surface area (Å²) in [5.74, 6) is 1.53. The first-order chi connectivity index (χ1) is 7.70. The number of methoxy groups -OCH3 is 1. The number of likely N-dealkylation sites (tertiary alicyclic amines) is 1. The fourth-order valence-corrected chi connectivity index (χ4v) is 3.11. The Morgan fingerprint density at radius 2 is 2.19 bits per heavy atom. The molecule has 16 heavy (non-hydrogen) atoms. The molecule has 0 aromatic heterocycles. The number of nitrogens with zero attached hydrogens (tertiary/aromatic N) is 1. The van der Waals surface area contributed by atoms with Gasteiger partial charge >= 0.3 is 0 Å². The lowest BCUT2D eigenvalue weighted by Gasteiger charge is -2.36. The molecule has 0 bridgehead atoms. The van der Waals surface area contributed by atoms with Crippen molar-refractivity contribution < 1.29 is 9.53 Å². The van der Waals surface area contributed by atoms with Crippen molar-refractivity contribution >= 4 is 17.7 Å². The third-order valence-corrected chi connectivity index (χ3v) is 4.87. The lowest BCUT2D eigenvalue weighted by molar-refractivity contribution is -0.133. The lowest BCUT2D eigenvalue weighted by Crippen LogP contribution is -2.47. The van der Waals surface area contributed by atoms with Crippen LogP contribution < -0.4 is 0 Å². The van der Waals surface area contributed by atoms with Gasteiger partial charge in [-0.05, 0) is 25.2 Å². The molecule has 1 aliphatic carbocycles. The van der Waals surface area contributed by atoms with Gasteiger partial charge in [0, 0.05) is 25.4 Å². The average molecular weight is 243 g/mol. The van der Waals surface area contributed by atoms with Crippen molar-refractivity contribution in [2.45, 2.75) is 37.5 Å². The summed E-state index contributed by atoms with van der Waals surface area (Å²) in [7, 11) is 1.74. The molecule has 2 rings (SSSR count). The zero-order chi connectivity index (χ0) is 11.5. The number of rotatable bonds is 4. The van der Waals surface area contributed by atoms with E-state index >= 15 is 0 Å². The average Bonchev–Trinajstić information content (AvgIpc) is 3.10. The summed E-state index contributed by atoms with van der Waals surface area (Å²) in [6.07, 6.45) is 3.90. The molecule has 0 aromatic rings. The third kappa shape index (κ3) is 3.14. The van der Waals surface area contributed by atoms with Gasteiger partial charge in [-0.25, -0.2) is 0 Å². The predicted octanol–water partition coefficient (Wildman–Crippen LogP) is 1.77. The normalized spacial score (nSPS) is 30.5. The number of piperidine rings is 1. The molecule has 0 aromatic carbocycles. The van der Waals surface area contributed by atoms with Crippen molar-refractivity contribution in [2.24, 2.45) is 5.92 Å². The molecule has 1 saturated heterocycles. The lowest BCUT2D eigenvalue weighted by atomic mass is 9.96. The molecule has 1 amide bonds. The Hall–Kier alpha value is -0.220. The van der Waals surface area contributed by atoms with Crippen LogP contribution in [0.4, 0.5) is 0 Å². The van der Waals surface area contributed by atoms with Gasteiger partial charge in [-0.2, -0.15) is 0 Å². The van der Waals surface area contributed by atoms with Crippen LogP contribution in [0.1, 0.15) is 26.2 Å². The van der Waals surface area contributed by atoms with E-state index < -0.39 is 0 Å². The summed E-state index contributed by atoms with van der Waals surface area (Å²) < 4.78 is 5.42. The van der Waals surface area contributed by atoms with E-state index in [0.29, 0.717) is 17.6 Å². The second-order valence-electron chi connectivity index (χ2n) is 4.89. The highest BCUT2D eigenvalue weighted by atomic mass is 32.2. The standard InChI is InChI=1S/C12H21NO2S/c1-9-5-6-13(7-11(9)15-2)12(14)8-16-10-3-4-10/h9-11H,3-8H2,1-2H3. The molecule has 0 radical (unpaired) electrons. The van der Waals surface area contributed by atoms with Gasteiger partial charge < -0.3 is 9.64 Å². The molecule has 2 fully saturated rings. The fraction of sp³-hybridized carbons (Fsp3) is 0.917. The van der Waals surface area contributed by atoms with Crippen LogP contribution in [0.15, 0.2) is 0 Å². The second kappa shape index (κ2) is 5.41. The quantitative estimate of drug-likeness (QED) is 0.753. The number of hydrogen-bond donors (Lipinski definition) is 0. The maximum absolute atomic E-state index is 11.9. The number of ether oxygens (including phenoxy) is 1. The summed E-state index contributed by atoms with van der Waals surface area (Å²) in [4.78, 5) is 13.9. The molecule has 0 spiro atoms. The summed E-state index contributed by atoms with van der Waals surface area (Å²) in [5, 5.41) is 0.769. The largest absolute Gasteiger partial charge is 0.379 e. The van der Waals surface area contributed by atoms with E-state index in [-0.39, 0.29) is 6.10 Å². The minimum Gasteiger partial charge on any atom is -0.379 e. The van der Waals surface area contributed by atoms with Gasteiger partial charge in [-0.15, -0.1) is 11.8 Å². The summed E-state index contributed by atoms with van der Waals surface area (Å²) in [6.45, 7) is 3.89. The summed E-state index contributed by atoms with van der Waals surface area (Å²) in [6, 6.07) is 0. The Labute approximate surface area is 102 Å². The zero-order valence-corrected chi connectivity index (χ0v) is 11.0. The number of thioether (sulfide) groups is 1. The molecule has 0 N–H and O–H groups in total. The van der Waals surface area contributed by atoms with Crippen LogP contribution in [0.2, 0.25) is 0 Å². The monoisotopic (exact) mass is 243 g/mol. The van der Waals surface area contributed by atoms with Crippen molar-refractivity contribution in [3.63, 3.8) is 0 Å². The van der Waals surface area contributed by atoms with E-state index in [0.717, 1.165) is 24.8 Å². The van der Waals surface area contributed by atoms with Crippen molar-refractivity contribution in [3.05, 3.63) is 0 Å². The molecule has 3 nitrogen and oxygen atoms in total. The Morgan fingerprint density at radius 3 is 2.81 bits per heavy atom. The van der Waals surface area contributed by atoms with Crippen molar-refractivity contribution in [3.8, 4) is 0 Å². The highest BCUT2D eigenvalue weighted by Gasteiger charge is 2.30. The first-order valence-corrected chi connectivity index (χ1v) is 7.17. The smallest absolute Gasteiger partial charge is 0.232 e. The van der Waals surface area contributed by atoms with Crippen molar-refractivity contribution in [2.75, 3.05) is 26.0 Å². The fourth-order valence-electron chi connectivity index (χ4n) is 2.08. The zero-order valence-electron chi connectivity index (χ0n) is 10.1. The molecular weight excluding hydrogens is 222 g/mol. The Balaban J connectivity index is 1.77. The molecule has 2 unspecified atom stereocenters. The van der Waals surface area contributed by atoms with Crippen LogP contribution in [-0.4, -0.2) is 48.1 Å².